The lowest BCUT2D eigenvalue weighted by Crippen LogP contribution is -2.21. The molecule has 104 valence electrons. The van der Waals surface area contributed by atoms with Crippen molar-refractivity contribution < 1.29 is 14.8 Å². The zero-order chi connectivity index (χ0) is 14.9. The van der Waals surface area contributed by atoms with E-state index in [1.807, 2.05) is 0 Å². The van der Waals surface area contributed by atoms with E-state index >= 15 is 0 Å². The Morgan fingerprint density at radius 3 is 2.85 bits per heavy atom. The van der Waals surface area contributed by atoms with E-state index in [0.29, 0.717) is 5.69 Å². The number of aromatic carboxylic acids is 1. The second-order valence-electron chi connectivity index (χ2n) is 3.69. The van der Waals surface area contributed by atoms with E-state index in [4.69, 9.17) is 5.11 Å². The summed E-state index contributed by atoms with van der Waals surface area (Å²) < 4.78 is 1.16. The SMILES string of the molecule is O=C(O)c1nc(Cn2cc([N+](=O)[O-])cc(Br)c2=O)cs1. The molecule has 2 heterocycles. The van der Waals surface area contributed by atoms with Crippen LogP contribution in [0.4, 0.5) is 5.69 Å². The summed E-state index contributed by atoms with van der Waals surface area (Å²) in [5.74, 6) is -1.16. The maximum atomic E-state index is 11.8. The third-order valence-electron chi connectivity index (χ3n) is 2.31. The van der Waals surface area contributed by atoms with Gasteiger partial charge in [-0.2, -0.15) is 0 Å². The van der Waals surface area contributed by atoms with Gasteiger partial charge in [0.1, 0.15) is 0 Å². The molecule has 0 atom stereocenters. The number of carboxylic acids is 1. The van der Waals surface area contributed by atoms with Crippen LogP contribution in [0, 0.1) is 10.1 Å². The molecule has 0 aromatic carbocycles. The molecule has 2 aromatic heterocycles. The fraction of sp³-hybridized carbons (Fsp3) is 0.100. The van der Waals surface area contributed by atoms with Crippen LogP contribution >= 0.6 is 27.3 Å². The van der Waals surface area contributed by atoms with Crippen molar-refractivity contribution in [3.05, 3.63) is 53.3 Å². The van der Waals surface area contributed by atoms with Crippen LogP contribution in [-0.2, 0) is 6.54 Å². The van der Waals surface area contributed by atoms with Crippen LogP contribution in [0.15, 0.2) is 26.9 Å². The van der Waals surface area contributed by atoms with Crippen molar-refractivity contribution >= 4 is 38.9 Å². The van der Waals surface area contributed by atoms with E-state index in [2.05, 4.69) is 20.9 Å². The van der Waals surface area contributed by atoms with Crippen LogP contribution < -0.4 is 5.56 Å². The van der Waals surface area contributed by atoms with Crippen LogP contribution in [0.3, 0.4) is 0 Å². The number of carbonyl (C=O) groups is 1. The first-order valence-corrected chi connectivity index (χ1v) is 6.78. The lowest BCUT2D eigenvalue weighted by molar-refractivity contribution is -0.385. The topological polar surface area (TPSA) is 115 Å². The van der Waals surface area contributed by atoms with Gasteiger partial charge < -0.3 is 9.67 Å². The van der Waals surface area contributed by atoms with Gasteiger partial charge in [-0.15, -0.1) is 11.3 Å². The number of pyridine rings is 1. The molecule has 0 aliphatic carbocycles. The first kappa shape index (κ1) is 14.3. The highest BCUT2D eigenvalue weighted by Gasteiger charge is 2.14. The van der Waals surface area contributed by atoms with Gasteiger partial charge in [0.05, 0.1) is 27.8 Å². The van der Waals surface area contributed by atoms with Crippen molar-refractivity contribution in [2.75, 3.05) is 0 Å². The maximum Gasteiger partial charge on any atom is 0.365 e. The Labute approximate surface area is 123 Å². The Balaban J connectivity index is 2.39. The fourth-order valence-corrected chi connectivity index (χ4v) is 2.56. The van der Waals surface area contributed by atoms with Crippen molar-refractivity contribution in [3.63, 3.8) is 0 Å². The zero-order valence-electron chi connectivity index (χ0n) is 9.65. The summed E-state index contributed by atoms with van der Waals surface area (Å²) in [5.41, 5.74) is -0.354. The maximum absolute atomic E-state index is 11.8. The summed E-state index contributed by atoms with van der Waals surface area (Å²) in [6.07, 6.45) is 1.09. The van der Waals surface area contributed by atoms with Gasteiger partial charge in [-0.05, 0) is 15.9 Å². The smallest absolute Gasteiger partial charge is 0.365 e. The average Bonchev–Trinajstić information content (AvgIpc) is 2.83. The third-order valence-corrected chi connectivity index (χ3v) is 3.75. The van der Waals surface area contributed by atoms with Crippen molar-refractivity contribution in [1.29, 1.82) is 0 Å². The third kappa shape index (κ3) is 2.91. The molecular formula is C10H6BrN3O5S. The molecule has 8 nitrogen and oxygen atoms in total. The van der Waals surface area contributed by atoms with E-state index in [-0.39, 0.29) is 21.7 Å². The molecule has 0 amide bonds. The van der Waals surface area contributed by atoms with Crippen LogP contribution in [0.5, 0.6) is 0 Å². The zero-order valence-corrected chi connectivity index (χ0v) is 12.0. The van der Waals surface area contributed by atoms with Gasteiger partial charge in [0, 0.05) is 11.4 Å². The predicted molar refractivity (Wildman–Crippen MR) is 73.2 cm³/mol. The Bertz CT molecular complexity index is 754. The summed E-state index contributed by atoms with van der Waals surface area (Å²) in [6, 6.07) is 1.11. The highest BCUT2D eigenvalue weighted by molar-refractivity contribution is 9.10. The highest BCUT2D eigenvalue weighted by Crippen LogP contribution is 2.16. The molecule has 0 unspecified atom stereocenters. The van der Waals surface area contributed by atoms with Crippen LogP contribution in [0.1, 0.15) is 15.5 Å². The molecule has 1 N–H and O–H groups in total. The van der Waals surface area contributed by atoms with Crippen molar-refractivity contribution in [2.24, 2.45) is 0 Å². The van der Waals surface area contributed by atoms with Gasteiger partial charge in [-0.1, -0.05) is 0 Å². The highest BCUT2D eigenvalue weighted by atomic mass is 79.9. The van der Waals surface area contributed by atoms with Gasteiger partial charge >= 0.3 is 5.97 Å². The van der Waals surface area contributed by atoms with Gasteiger partial charge in [-0.25, -0.2) is 9.78 Å². The minimum absolute atomic E-state index is 0.0388. The number of carboxylic acid groups (broad SMARTS) is 1. The van der Waals surface area contributed by atoms with Gasteiger partial charge in [-0.3, -0.25) is 14.9 Å². The lowest BCUT2D eigenvalue weighted by Gasteiger charge is -2.04. The van der Waals surface area contributed by atoms with Gasteiger partial charge in [0.2, 0.25) is 5.01 Å². The van der Waals surface area contributed by atoms with Gasteiger partial charge in [0.15, 0.2) is 0 Å². The molecule has 0 bridgehead atoms. The molecule has 0 saturated carbocycles. The molecule has 2 aromatic rings. The minimum atomic E-state index is -1.16. The predicted octanol–water partition coefficient (Wildman–Crippen LogP) is 1.72. The Morgan fingerprint density at radius 2 is 2.30 bits per heavy atom. The van der Waals surface area contributed by atoms with E-state index in [0.717, 1.165) is 28.2 Å². The van der Waals surface area contributed by atoms with E-state index < -0.39 is 16.5 Å². The van der Waals surface area contributed by atoms with E-state index in [1.165, 1.54) is 5.38 Å². The number of rotatable bonds is 4. The fourth-order valence-electron chi connectivity index (χ4n) is 1.45. The summed E-state index contributed by atoms with van der Waals surface area (Å²) >= 11 is 3.88. The number of nitrogens with zero attached hydrogens (tertiary/aromatic N) is 3. The Kier molecular flexibility index (Phi) is 3.95. The average molecular weight is 360 g/mol. The molecule has 0 fully saturated rings. The summed E-state index contributed by atoms with van der Waals surface area (Å²) in [7, 11) is 0. The Morgan fingerprint density at radius 1 is 1.60 bits per heavy atom. The van der Waals surface area contributed by atoms with E-state index in [1.54, 1.807) is 0 Å². The molecule has 20 heavy (non-hydrogen) atoms. The summed E-state index contributed by atoms with van der Waals surface area (Å²) in [4.78, 5) is 36.5. The van der Waals surface area contributed by atoms with Crippen LogP contribution in [0.2, 0.25) is 0 Å². The van der Waals surface area contributed by atoms with E-state index in [9.17, 15) is 19.7 Å². The quantitative estimate of drug-likeness (QED) is 0.656. The number of thiazole rings is 1. The molecule has 0 spiro atoms. The first-order chi connectivity index (χ1) is 9.38. The lowest BCUT2D eigenvalue weighted by atomic mass is 10.4. The summed E-state index contributed by atoms with van der Waals surface area (Å²) in [6.45, 7) is -0.0388. The standard InChI is InChI=1S/C10H6BrN3O5S/c11-7-1-6(14(18)19)3-13(9(7)15)2-5-4-20-8(12-5)10(16)17/h1,3-4H,2H2,(H,16,17). The number of aromatic nitrogens is 2. The summed E-state index contributed by atoms with van der Waals surface area (Å²) in [5, 5.41) is 20.9. The van der Waals surface area contributed by atoms with Crippen molar-refractivity contribution in [3.8, 4) is 0 Å². The second-order valence-corrected chi connectivity index (χ2v) is 5.40. The number of nitro groups is 1. The Hall–Kier alpha value is -2.07. The first-order valence-electron chi connectivity index (χ1n) is 5.10. The largest absolute Gasteiger partial charge is 0.476 e. The molecule has 2 rings (SSSR count). The van der Waals surface area contributed by atoms with Crippen LogP contribution in [0.25, 0.3) is 0 Å². The molecule has 0 saturated heterocycles. The number of halogens is 1. The molecule has 0 aliphatic heterocycles. The number of hydrogen-bond acceptors (Lipinski definition) is 6. The normalized spacial score (nSPS) is 10.4. The molecule has 0 radical (unpaired) electrons. The van der Waals surface area contributed by atoms with Gasteiger partial charge in [0.25, 0.3) is 11.2 Å². The molecular weight excluding hydrogens is 354 g/mol. The number of hydrogen-bond donors (Lipinski definition) is 1. The minimum Gasteiger partial charge on any atom is -0.476 e. The van der Waals surface area contributed by atoms with Crippen molar-refractivity contribution in [2.45, 2.75) is 6.54 Å². The molecule has 0 aliphatic rings. The second kappa shape index (κ2) is 5.51. The van der Waals surface area contributed by atoms with Crippen molar-refractivity contribution in [1.82, 2.24) is 9.55 Å². The monoisotopic (exact) mass is 359 g/mol. The molecule has 10 heteroatoms. The van der Waals surface area contributed by atoms with Crippen LogP contribution in [-0.4, -0.2) is 25.6 Å².